The van der Waals surface area contributed by atoms with Gasteiger partial charge in [-0.05, 0) is 56.4 Å². The van der Waals surface area contributed by atoms with E-state index in [0.717, 1.165) is 24.0 Å². The molecule has 0 radical (unpaired) electrons. The smallest absolute Gasteiger partial charge is 0.408 e. The van der Waals surface area contributed by atoms with E-state index < -0.39 is 11.7 Å². The van der Waals surface area contributed by atoms with E-state index in [2.05, 4.69) is 10.5 Å². The number of aryl methyl sites for hydroxylation is 1. The summed E-state index contributed by atoms with van der Waals surface area (Å²) in [4.78, 5) is 11.8. The minimum Gasteiger partial charge on any atom is -0.444 e. The average Bonchev–Trinajstić information content (AvgIpc) is 2.70. The summed E-state index contributed by atoms with van der Waals surface area (Å²) in [6.07, 6.45) is 2.75. The Labute approximate surface area is 118 Å². The van der Waals surface area contributed by atoms with Crippen LogP contribution in [0.2, 0.25) is 0 Å². The highest BCUT2D eigenvalue weighted by Crippen LogP contribution is 2.31. The van der Waals surface area contributed by atoms with Gasteiger partial charge in [0.2, 0.25) is 0 Å². The fraction of sp³-hybridized carbons (Fsp3) is 0.467. The molecule has 0 fully saturated rings. The second kappa shape index (κ2) is 5.53. The lowest BCUT2D eigenvalue weighted by atomic mass is 10.1. The van der Waals surface area contributed by atoms with E-state index in [0.29, 0.717) is 0 Å². The van der Waals surface area contributed by atoms with E-state index in [1.54, 1.807) is 0 Å². The number of carbonyl (C=O) groups excluding carboxylic acids is 1. The molecule has 1 aliphatic carbocycles. The van der Waals surface area contributed by atoms with E-state index in [1.807, 2.05) is 39.0 Å². The Balaban J connectivity index is 2.07. The molecule has 20 heavy (non-hydrogen) atoms. The maximum atomic E-state index is 11.8. The van der Waals surface area contributed by atoms with Crippen LogP contribution in [0.25, 0.3) is 0 Å². The predicted molar refractivity (Wildman–Crippen MR) is 76.3 cm³/mol. The van der Waals surface area contributed by atoms with Gasteiger partial charge in [0, 0.05) is 0 Å². The van der Waals surface area contributed by atoms with Crippen molar-refractivity contribution in [2.24, 2.45) is 5.16 Å². The van der Waals surface area contributed by atoms with Crippen molar-refractivity contribution in [1.82, 2.24) is 5.32 Å². The summed E-state index contributed by atoms with van der Waals surface area (Å²) in [7, 11) is 0. The van der Waals surface area contributed by atoms with Crippen molar-refractivity contribution >= 4 is 12.3 Å². The van der Waals surface area contributed by atoms with Crippen molar-refractivity contribution in [1.29, 1.82) is 0 Å². The van der Waals surface area contributed by atoms with Crippen LogP contribution in [0.15, 0.2) is 23.4 Å². The van der Waals surface area contributed by atoms with Gasteiger partial charge in [0.25, 0.3) is 0 Å². The summed E-state index contributed by atoms with van der Waals surface area (Å²) in [5.41, 5.74) is 2.63. The zero-order valence-corrected chi connectivity index (χ0v) is 12.0. The van der Waals surface area contributed by atoms with Gasteiger partial charge in [0.15, 0.2) is 0 Å². The number of benzene rings is 1. The van der Waals surface area contributed by atoms with Crippen LogP contribution in [0.5, 0.6) is 0 Å². The van der Waals surface area contributed by atoms with Crippen molar-refractivity contribution in [3.63, 3.8) is 0 Å². The summed E-state index contributed by atoms with van der Waals surface area (Å²) >= 11 is 0. The Kier molecular flexibility index (Phi) is 3.97. The molecule has 0 saturated carbocycles. The van der Waals surface area contributed by atoms with Crippen LogP contribution in [0.4, 0.5) is 4.79 Å². The van der Waals surface area contributed by atoms with E-state index >= 15 is 0 Å². The minimum atomic E-state index is -0.493. The molecule has 0 saturated heterocycles. The maximum Gasteiger partial charge on any atom is 0.408 e. The molecule has 0 aromatic heterocycles. The molecule has 5 nitrogen and oxygen atoms in total. The topological polar surface area (TPSA) is 70.9 Å². The largest absolute Gasteiger partial charge is 0.444 e. The first-order valence-electron chi connectivity index (χ1n) is 6.69. The fourth-order valence-corrected chi connectivity index (χ4v) is 2.38. The molecule has 1 aromatic carbocycles. The van der Waals surface area contributed by atoms with Crippen LogP contribution in [0.1, 0.15) is 49.9 Å². The highest BCUT2D eigenvalue weighted by molar-refractivity contribution is 5.79. The SMILES string of the molecule is CC(C)(C)OC(=O)N[C@@H]1CCc2cc(/C=N/O)ccc21. The molecule has 0 spiro atoms. The lowest BCUT2D eigenvalue weighted by Gasteiger charge is -2.22. The monoisotopic (exact) mass is 276 g/mol. The van der Waals surface area contributed by atoms with Crippen LogP contribution >= 0.6 is 0 Å². The normalized spacial score (nSPS) is 18.1. The van der Waals surface area contributed by atoms with Crippen molar-refractivity contribution < 1.29 is 14.7 Å². The van der Waals surface area contributed by atoms with E-state index in [4.69, 9.17) is 9.94 Å². The zero-order chi connectivity index (χ0) is 14.8. The Morgan fingerprint density at radius 2 is 2.25 bits per heavy atom. The van der Waals surface area contributed by atoms with Crippen molar-refractivity contribution in [2.75, 3.05) is 0 Å². The van der Waals surface area contributed by atoms with E-state index in [1.165, 1.54) is 11.8 Å². The average molecular weight is 276 g/mol. The summed E-state index contributed by atoms with van der Waals surface area (Å²) in [6, 6.07) is 5.79. The van der Waals surface area contributed by atoms with Gasteiger partial charge < -0.3 is 15.3 Å². The Morgan fingerprint density at radius 1 is 1.50 bits per heavy atom. The summed E-state index contributed by atoms with van der Waals surface area (Å²) in [6.45, 7) is 5.53. The third-order valence-corrected chi connectivity index (χ3v) is 3.14. The number of rotatable bonds is 2. The molecule has 5 heteroatoms. The number of hydrogen-bond acceptors (Lipinski definition) is 4. The van der Waals surface area contributed by atoms with E-state index in [9.17, 15) is 4.79 Å². The van der Waals surface area contributed by atoms with Crippen LogP contribution in [0, 0.1) is 0 Å². The number of alkyl carbamates (subject to hydrolysis) is 1. The highest BCUT2D eigenvalue weighted by Gasteiger charge is 2.26. The van der Waals surface area contributed by atoms with Crippen LogP contribution in [-0.2, 0) is 11.2 Å². The third kappa shape index (κ3) is 3.50. The second-order valence-corrected chi connectivity index (χ2v) is 5.94. The maximum absolute atomic E-state index is 11.8. The first-order chi connectivity index (χ1) is 9.39. The van der Waals surface area contributed by atoms with Gasteiger partial charge >= 0.3 is 6.09 Å². The molecule has 0 unspecified atom stereocenters. The zero-order valence-electron chi connectivity index (χ0n) is 12.0. The molecule has 1 aliphatic rings. The first kappa shape index (κ1) is 14.4. The molecule has 1 aromatic rings. The molecule has 0 heterocycles. The molecular formula is C15H20N2O3. The number of nitrogens with one attached hydrogen (secondary N) is 1. The van der Waals surface area contributed by atoms with Gasteiger partial charge in [-0.25, -0.2) is 4.79 Å². The Hall–Kier alpha value is -2.04. The van der Waals surface area contributed by atoms with Gasteiger partial charge in [-0.2, -0.15) is 0 Å². The lowest BCUT2D eigenvalue weighted by molar-refractivity contribution is 0.0503. The Morgan fingerprint density at radius 3 is 2.90 bits per heavy atom. The van der Waals surface area contributed by atoms with Crippen LogP contribution < -0.4 is 5.32 Å². The van der Waals surface area contributed by atoms with Crippen molar-refractivity contribution in [3.05, 3.63) is 34.9 Å². The number of fused-ring (bicyclic) bond motifs is 1. The summed E-state index contributed by atoms with van der Waals surface area (Å²) in [5, 5.41) is 14.5. The van der Waals surface area contributed by atoms with Gasteiger partial charge in [-0.3, -0.25) is 0 Å². The van der Waals surface area contributed by atoms with Gasteiger partial charge in [0.1, 0.15) is 5.60 Å². The minimum absolute atomic E-state index is 0.0139. The lowest BCUT2D eigenvalue weighted by Crippen LogP contribution is -2.34. The quantitative estimate of drug-likeness (QED) is 0.495. The molecule has 0 aliphatic heterocycles. The molecular weight excluding hydrogens is 256 g/mol. The second-order valence-electron chi connectivity index (χ2n) is 5.94. The number of hydrogen-bond donors (Lipinski definition) is 2. The molecule has 2 rings (SSSR count). The molecule has 2 N–H and O–H groups in total. The van der Waals surface area contributed by atoms with Crippen LogP contribution in [0.3, 0.4) is 0 Å². The number of nitrogens with zero attached hydrogens (tertiary/aromatic N) is 1. The predicted octanol–water partition coefficient (Wildman–Crippen LogP) is 3.01. The van der Waals surface area contributed by atoms with Gasteiger partial charge in [0.05, 0.1) is 12.3 Å². The number of carbonyl (C=O) groups is 1. The van der Waals surface area contributed by atoms with Gasteiger partial charge in [-0.1, -0.05) is 17.3 Å². The van der Waals surface area contributed by atoms with E-state index in [-0.39, 0.29) is 6.04 Å². The third-order valence-electron chi connectivity index (χ3n) is 3.14. The number of amides is 1. The molecule has 1 atom stereocenters. The molecule has 108 valence electrons. The molecule has 1 amide bonds. The van der Waals surface area contributed by atoms with Crippen molar-refractivity contribution in [2.45, 2.75) is 45.3 Å². The fourth-order valence-electron chi connectivity index (χ4n) is 2.38. The standard InChI is InChI=1S/C15H20N2O3/c1-15(2,3)20-14(18)17-13-7-5-11-8-10(9-16-19)4-6-12(11)13/h4,6,8-9,13,19H,5,7H2,1-3H3,(H,17,18)/b16-9+/t13-/m1/s1. The van der Waals surface area contributed by atoms with Crippen LogP contribution in [-0.4, -0.2) is 23.1 Å². The first-order valence-corrected chi connectivity index (χ1v) is 6.69. The summed E-state index contributed by atoms with van der Waals surface area (Å²) < 4.78 is 5.27. The highest BCUT2D eigenvalue weighted by atomic mass is 16.6. The number of oxime groups is 1. The summed E-state index contributed by atoms with van der Waals surface area (Å²) in [5.74, 6) is 0. The Bertz CT molecular complexity index is 532. The van der Waals surface area contributed by atoms with Crippen molar-refractivity contribution in [3.8, 4) is 0 Å². The molecule has 0 bridgehead atoms. The van der Waals surface area contributed by atoms with Gasteiger partial charge in [-0.15, -0.1) is 0 Å². The number of ether oxygens (including phenoxy) is 1.